The van der Waals surface area contributed by atoms with Gasteiger partial charge in [-0.25, -0.2) is 5.43 Å². The molecule has 148 valence electrons. The van der Waals surface area contributed by atoms with E-state index >= 15 is 0 Å². The van der Waals surface area contributed by atoms with Crippen molar-refractivity contribution in [1.82, 2.24) is 5.43 Å². The van der Waals surface area contributed by atoms with Gasteiger partial charge in [0.15, 0.2) is 5.75 Å². The monoisotopic (exact) mass is 416 g/mol. The Kier molecular flexibility index (Phi) is 5.36. The fourth-order valence-electron chi connectivity index (χ4n) is 2.46. The van der Waals surface area contributed by atoms with Gasteiger partial charge in [0.05, 0.1) is 28.0 Å². The predicted molar refractivity (Wildman–Crippen MR) is 105 cm³/mol. The molecule has 0 spiro atoms. The molecular formula is C17H12N4O7S. The molecule has 2 N–H and O–H groups in total. The van der Waals surface area contributed by atoms with Crippen LogP contribution in [0.5, 0.6) is 11.5 Å². The maximum Gasteiger partial charge on any atom is 0.315 e. The van der Waals surface area contributed by atoms with Crippen LogP contribution in [0.15, 0.2) is 41.5 Å². The maximum absolute atomic E-state index is 12.3. The van der Waals surface area contributed by atoms with Gasteiger partial charge in [-0.15, -0.1) is 11.3 Å². The zero-order valence-electron chi connectivity index (χ0n) is 14.7. The molecule has 12 heteroatoms. The molecule has 0 aliphatic heterocycles. The summed E-state index contributed by atoms with van der Waals surface area (Å²) in [7, 11) is 1.24. The van der Waals surface area contributed by atoms with E-state index in [9.17, 15) is 30.1 Å². The first-order valence-electron chi connectivity index (χ1n) is 7.87. The highest BCUT2D eigenvalue weighted by atomic mass is 32.1. The number of methoxy groups -OCH3 is 1. The van der Waals surface area contributed by atoms with E-state index < -0.39 is 27.2 Å². The first-order chi connectivity index (χ1) is 13.8. The number of nitro groups is 2. The number of phenolic OH excluding ortho intramolecular Hbond substituents is 1. The fourth-order valence-corrected chi connectivity index (χ4v) is 3.39. The smallest absolute Gasteiger partial charge is 0.315 e. The summed E-state index contributed by atoms with van der Waals surface area (Å²) in [4.78, 5) is 33.1. The van der Waals surface area contributed by atoms with Crippen LogP contribution in [0.25, 0.3) is 10.1 Å². The lowest BCUT2D eigenvalue weighted by molar-refractivity contribution is -0.386. The van der Waals surface area contributed by atoms with Gasteiger partial charge in [-0.3, -0.25) is 25.0 Å². The fraction of sp³-hybridized carbons (Fsp3) is 0.0588. The molecule has 2 aromatic carbocycles. The van der Waals surface area contributed by atoms with Crippen LogP contribution >= 0.6 is 11.3 Å². The van der Waals surface area contributed by atoms with Crippen molar-refractivity contribution in [3.8, 4) is 11.5 Å². The lowest BCUT2D eigenvalue weighted by Crippen LogP contribution is -2.16. The molecule has 0 fully saturated rings. The van der Waals surface area contributed by atoms with Gasteiger partial charge in [-0.05, 0) is 18.2 Å². The molecule has 11 nitrogen and oxygen atoms in total. The summed E-state index contributed by atoms with van der Waals surface area (Å²) in [5.74, 6) is -1.28. The third kappa shape index (κ3) is 4.11. The molecule has 0 saturated carbocycles. The van der Waals surface area contributed by atoms with Crippen molar-refractivity contribution < 1.29 is 24.5 Å². The molecule has 0 unspecified atom stereocenters. The van der Waals surface area contributed by atoms with Crippen molar-refractivity contribution in [1.29, 1.82) is 0 Å². The SMILES string of the molecule is COc1cc(C=NNC(=O)c2cc3cc([N+](=O)[O-])ccc3s2)cc([N+](=O)[O-])c1O. The standard InChI is InChI=1S/C17H12N4O7S/c1-28-13-5-9(4-12(16(13)22)21(26)27)8-18-19-17(23)15-7-10-6-11(20(24)25)2-3-14(10)29-15/h2-8,22H,1H3,(H,19,23). The third-order valence-corrected chi connectivity index (χ3v) is 4.92. The number of fused-ring (bicyclic) bond motifs is 1. The highest BCUT2D eigenvalue weighted by Gasteiger charge is 2.19. The third-order valence-electron chi connectivity index (χ3n) is 3.81. The van der Waals surface area contributed by atoms with Crippen LogP contribution in [-0.2, 0) is 0 Å². The Hall–Kier alpha value is -4.06. The highest BCUT2D eigenvalue weighted by Crippen LogP contribution is 2.36. The Morgan fingerprint density at radius 3 is 2.62 bits per heavy atom. The molecule has 1 amide bonds. The second-order valence-electron chi connectivity index (χ2n) is 5.64. The summed E-state index contributed by atoms with van der Waals surface area (Å²) in [5.41, 5.74) is 1.85. The van der Waals surface area contributed by atoms with Crippen LogP contribution in [0.2, 0.25) is 0 Å². The number of nitrogens with zero attached hydrogens (tertiary/aromatic N) is 3. The van der Waals surface area contributed by atoms with Crippen molar-refractivity contribution in [2.24, 2.45) is 5.10 Å². The molecule has 0 aliphatic carbocycles. The van der Waals surface area contributed by atoms with E-state index in [0.29, 0.717) is 10.1 Å². The topological polar surface area (TPSA) is 157 Å². The Labute approximate surface area is 166 Å². The Balaban J connectivity index is 1.79. The quantitative estimate of drug-likeness (QED) is 0.355. The molecule has 0 saturated heterocycles. The van der Waals surface area contributed by atoms with Crippen molar-refractivity contribution in [2.75, 3.05) is 7.11 Å². The van der Waals surface area contributed by atoms with Crippen molar-refractivity contribution >= 4 is 44.9 Å². The van der Waals surface area contributed by atoms with Gasteiger partial charge in [-0.2, -0.15) is 5.10 Å². The molecule has 0 aliphatic rings. The number of nitrogens with one attached hydrogen (secondary N) is 1. The molecular weight excluding hydrogens is 404 g/mol. The van der Waals surface area contributed by atoms with Gasteiger partial charge < -0.3 is 9.84 Å². The largest absolute Gasteiger partial charge is 0.500 e. The van der Waals surface area contributed by atoms with Crippen LogP contribution < -0.4 is 10.2 Å². The van der Waals surface area contributed by atoms with E-state index in [1.807, 2.05) is 0 Å². The predicted octanol–water partition coefficient (Wildman–Crippen LogP) is 3.20. The van der Waals surface area contributed by atoms with Gasteiger partial charge in [0.2, 0.25) is 5.75 Å². The van der Waals surface area contributed by atoms with E-state index in [2.05, 4.69) is 10.5 Å². The molecule has 1 heterocycles. The minimum Gasteiger partial charge on any atom is -0.500 e. The van der Waals surface area contributed by atoms with Gasteiger partial charge in [-0.1, -0.05) is 0 Å². The summed E-state index contributed by atoms with van der Waals surface area (Å²) < 4.78 is 5.58. The number of carbonyl (C=O) groups excluding carboxylic acids is 1. The first kappa shape index (κ1) is 19.7. The number of carbonyl (C=O) groups is 1. The van der Waals surface area contributed by atoms with Crippen LogP contribution in [0.1, 0.15) is 15.2 Å². The number of hydrazone groups is 1. The molecule has 0 atom stereocenters. The number of hydrogen-bond acceptors (Lipinski definition) is 9. The zero-order chi connectivity index (χ0) is 21.1. The van der Waals surface area contributed by atoms with Crippen molar-refractivity contribution in [2.45, 2.75) is 0 Å². The average molecular weight is 416 g/mol. The van der Waals surface area contributed by atoms with Crippen molar-refractivity contribution in [3.63, 3.8) is 0 Å². The molecule has 0 bridgehead atoms. The number of aromatic hydroxyl groups is 1. The number of rotatable bonds is 6. The van der Waals surface area contributed by atoms with E-state index in [4.69, 9.17) is 4.74 Å². The summed E-state index contributed by atoms with van der Waals surface area (Å²) >= 11 is 1.14. The molecule has 3 aromatic rings. The second kappa shape index (κ2) is 7.90. The Bertz CT molecular complexity index is 1170. The lowest BCUT2D eigenvalue weighted by atomic mass is 10.2. The number of amides is 1. The molecule has 29 heavy (non-hydrogen) atoms. The normalized spacial score (nSPS) is 10.9. The average Bonchev–Trinajstić information content (AvgIpc) is 3.12. The van der Waals surface area contributed by atoms with Gasteiger partial charge in [0.25, 0.3) is 11.6 Å². The number of nitro benzene ring substituents is 2. The Morgan fingerprint density at radius 1 is 1.21 bits per heavy atom. The minimum atomic E-state index is -0.774. The summed E-state index contributed by atoms with van der Waals surface area (Å²) in [6, 6.07) is 8.17. The lowest BCUT2D eigenvalue weighted by Gasteiger charge is -2.05. The zero-order valence-corrected chi connectivity index (χ0v) is 15.5. The van der Waals surface area contributed by atoms with Gasteiger partial charge >= 0.3 is 5.69 Å². The molecule has 3 rings (SSSR count). The van der Waals surface area contributed by atoms with E-state index in [1.54, 1.807) is 6.07 Å². The van der Waals surface area contributed by atoms with Crippen LogP contribution in [0.4, 0.5) is 11.4 Å². The molecule has 1 aromatic heterocycles. The van der Waals surface area contributed by atoms with E-state index in [1.165, 1.54) is 31.4 Å². The highest BCUT2D eigenvalue weighted by molar-refractivity contribution is 7.20. The summed E-state index contributed by atoms with van der Waals surface area (Å²) in [6.45, 7) is 0. The Morgan fingerprint density at radius 2 is 1.97 bits per heavy atom. The second-order valence-corrected chi connectivity index (χ2v) is 6.72. The first-order valence-corrected chi connectivity index (χ1v) is 8.68. The number of ether oxygens (including phenoxy) is 1. The van der Waals surface area contributed by atoms with Gasteiger partial charge in [0.1, 0.15) is 0 Å². The van der Waals surface area contributed by atoms with Crippen LogP contribution in [0.3, 0.4) is 0 Å². The number of hydrogen-bond donors (Lipinski definition) is 2. The number of non-ortho nitro benzene ring substituents is 1. The van der Waals surface area contributed by atoms with E-state index in [-0.39, 0.29) is 21.9 Å². The molecule has 0 radical (unpaired) electrons. The minimum absolute atomic E-state index is 0.0804. The summed E-state index contributed by atoms with van der Waals surface area (Å²) in [6.07, 6.45) is 1.16. The summed E-state index contributed by atoms with van der Waals surface area (Å²) in [5, 5.41) is 35.9. The van der Waals surface area contributed by atoms with E-state index in [0.717, 1.165) is 23.6 Å². The number of phenols is 1. The van der Waals surface area contributed by atoms with Crippen LogP contribution in [-0.4, -0.2) is 34.2 Å². The van der Waals surface area contributed by atoms with Crippen molar-refractivity contribution in [3.05, 3.63) is 67.1 Å². The maximum atomic E-state index is 12.3. The number of thiophene rings is 1. The van der Waals surface area contributed by atoms with Gasteiger partial charge in [0, 0.05) is 33.8 Å². The van der Waals surface area contributed by atoms with Crippen LogP contribution in [0, 0.1) is 20.2 Å². The number of benzene rings is 2.